The molecule has 2 aromatic rings. The van der Waals surface area contributed by atoms with Crippen LogP contribution < -0.4 is 10.1 Å². The number of benzene rings is 1. The summed E-state index contributed by atoms with van der Waals surface area (Å²) >= 11 is 3.12. The molecule has 1 aromatic carbocycles. The van der Waals surface area contributed by atoms with E-state index in [9.17, 15) is 14.0 Å². The molecular formula is C16H15BrFNO5. The van der Waals surface area contributed by atoms with E-state index in [2.05, 4.69) is 21.2 Å². The van der Waals surface area contributed by atoms with Crippen molar-refractivity contribution in [2.75, 3.05) is 13.2 Å². The van der Waals surface area contributed by atoms with Crippen molar-refractivity contribution in [2.24, 2.45) is 0 Å². The molecule has 0 saturated carbocycles. The molecule has 0 radical (unpaired) electrons. The summed E-state index contributed by atoms with van der Waals surface area (Å²) in [5.74, 6) is -0.718. The fourth-order valence-corrected chi connectivity index (χ4v) is 2.27. The molecule has 0 aliphatic rings. The van der Waals surface area contributed by atoms with Crippen molar-refractivity contribution in [3.8, 4) is 5.75 Å². The Hall–Kier alpha value is -2.35. The lowest BCUT2D eigenvalue weighted by molar-refractivity contribution is -0.150. The van der Waals surface area contributed by atoms with Crippen LogP contribution >= 0.6 is 15.9 Å². The van der Waals surface area contributed by atoms with Crippen LogP contribution in [0, 0.1) is 5.82 Å². The van der Waals surface area contributed by atoms with Crippen LogP contribution in [0.15, 0.2) is 45.5 Å². The summed E-state index contributed by atoms with van der Waals surface area (Å²) in [6.45, 7) is 0.913. The summed E-state index contributed by atoms with van der Waals surface area (Å²) in [5, 5.41) is 2.63. The lowest BCUT2D eigenvalue weighted by Crippen LogP contribution is -2.31. The molecule has 2 rings (SSSR count). The molecule has 0 saturated heterocycles. The monoisotopic (exact) mass is 399 g/mol. The van der Waals surface area contributed by atoms with Gasteiger partial charge in [-0.15, -0.1) is 0 Å². The fourth-order valence-electron chi connectivity index (χ4n) is 1.81. The van der Waals surface area contributed by atoms with Crippen molar-refractivity contribution in [1.82, 2.24) is 5.32 Å². The zero-order chi connectivity index (χ0) is 17.5. The molecule has 0 bridgehead atoms. The van der Waals surface area contributed by atoms with Crippen molar-refractivity contribution in [1.29, 1.82) is 0 Å². The van der Waals surface area contributed by atoms with E-state index in [1.165, 1.54) is 24.5 Å². The molecule has 0 aliphatic carbocycles. The van der Waals surface area contributed by atoms with Crippen LogP contribution in [0.2, 0.25) is 0 Å². The Labute approximate surface area is 146 Å². The van der Waals surface area contributed by atoms with Crippen molar-refractivity contribution in [3.05, 3.63) is 52.6 Å². The normalized spacial score (nSPS) is 11.6. The van der Waals surface area contributed by atoms with Crippen molar-refractivity contribution >= 4 is 27.8 Å². The molecule has 8 heteroatoms. The molecule has 1 atom stereocenters. The molecule has 0 unspecified atom stereocenters. The molecule has 0 spiro atoms. The maximum Gasteiger partial charge on any atom is 0.344 e. The van der Waals surface area contributed by atoms with Gasteiger partial charge in [0, 0.05) is 0 Å². The second kappa shape index (κ2) is 8.49. The number of hydrogen-bond acceptors (Lipinski definition) is 5. The number of carbonyl (C=O) groups is 2. The van der Waals surface area contributed by atoms with Crippen molar-refractivity contribution in [2.45, 2.75) is 13.0 Å². The Bertz CT molecular complexity index is 704. The van der Waals surface area contributed by atoms with Crippen LogP contribution in [-0.2, 0) is 14.3 Å². The topological polar surface area (TPSA) is 77.8 Å². The number of hydrogen-bond donors (Lipinski definition) is 1. The quantitative estimate of drug-likeness (QED) is 0.724. The Morgan fingerprint density at radius 1 is 1.33 bits per heavy atom. The van der Waals surface area contributed by atoms with Gasteiger partial charge in [0.15, 0.2) is 13.2 Å². The van der Waals surface area contributed by atoms with Gasteiger partial charge in [0.2, 0.25) is 0 Å². The molecule has 1 N–H and O–H groups in total. The van der Waals surface area contributed by atoms with E-state index in [4.69, 9.17) is 13.9 Å². The van der Waals surface area contributed by atoms with E-state index in [1.54, 1.807) is 19.1 Å². The number of halogens is 2. The third-order valence-electron chi connectivity index (χ3n) is 2.95. The number of rotatable bonds is 7. The average molecular weight is 400 g/mol. The van der Waals surface area contributed by atoms with Crippen LogP contribution in [0.1, 0.15) is 18.7 Å². The van der Waals surface area contributed by atoms with Gasteiger partial charge in [-0.1, -0.05) is 0 Å². The number of carbonyl (C=O) groups excluding carboxylic acids is 2. The molecule has 24 heavy (non-hydrogen) atoms. The molecule has 0 aliphatic heterocycles. The van der Waals surface area contributed by atoms with E-state index in [1.807, 2.05) is 0 Å². The number of ether oxygens (including phenoxy) is 2. The van der Waals surface area contributed by atoms with Gasteiger partial charge in [0.25, 0.3) is 5.91 Å². The lowest BCUT2D eigenvalue weighted by Gasteiger charge is -2.12. The maximum atomic E-state index is 12.9. The Balaban J connectivity index is 1.71. The Morgan fingerprint density at radius 3 is 2.79 bits per heavy atom. The highest BCUT2D eigenvalue weighted by Crippen LogP contribution is 2.25. The van der Waals surface area contributed by atoms with Gasteiger partial charge >= 0.3 is 5.97 Å². The third kappa shape index (κ3) is 5.38. The smallest absolute Gasteiger partial charge is 0.344 e. The van der Waals surface area contributed by atoms with Gasteiger partial charge < -0.3 is 19.2 Å². The minimum atomic E-state index is -0.716. The van der Waals surface area contributed by atoms with Crippen molar-refractivity contribution in [3.63, 3.8) is 0 Å². The molecular weight excluding hydrogens is 385 g/mol. The summed E-state index contributed by atoms with van der Waals surface area (Å²) < 4.78 is 28.5. The van der Waals surface area contributed by atoms with E-state index in [-0.39, 0.29) is 6.04 Å². The van der Waals surface area contributed by atoms with E-state index in [0.29, 0.717) is 16.0 Å². The van der Waals surface area contributed by atoms with Crippen LogP contribution in [0.25, 0.3) is 0 Å². The number of nitrogens with one attached hydrogen (secondary N) is 1. The third-order valence-corrected chi connectivity index (χ3v) is 3.57. The molecule has 1 amide bonds. The second-order valence-electron chi connectivity index (χ2n) is 4.83. The first-order valence-corrected chi connectivity index (χ1v) is 7.81. The summed E-state index contributed by atoms with van der Waals surface area (Å²) in [6.07, 6.45) is 1.50. The molecule has 0 fully saturated rings. The Kier molecular flexibility index (Phi) is 6.36. The van der Waals surface area contributed by atoms with Crippen molar-refractivity contribution < 1.29 is 27.9 Å². The number of esters is 1. The first-order chi connectivity index (χ1) is 11.5. The minimum absolute atomic E-state index is 0.296. The Morgan fingerprint density at radius 2 is 2.12 bits per heavy atom. The summed E-state index contributed by atoms with van der Waals surface area (Å²) in [6, 6.07) is 6.90. The zero-order valence-electron chi connectivity index (χ0n) is 12.8. The molecule has 128 valence electrons. The van der Waals surface area contributed by atoms with Gasteiger partial charge in [-0.3, -0.25) is 4.79 Å². The lowest BCUT2D eigenvalue weighted by atomic mass is 10.2. The highest BCUT2D eigenvalue weighted by atomic mass is 79.9. The van der Waals surface area contributed by atoms with Crippen LogP contribution in [0.5, 0.6) is 5.75 Å². The first kappa shape index (κ1) is 18.0. The SMILES string of the molecule is C[C@H](NC(=O)COC(=O)COc1ccc(F)cc1Br)c1ccco1. The standard InChI is InChI=1S/C16H15BrFNO5/c1-10(13-3-2-6-22-13)19-15(20)8-24-16(21)9-23-14-5-4-11(18)7-12(14)17/h2-7,10H,8-9H2,1H3,(H,19,20)/t10-/m0/s1. The van der Waals surface area contributed by atoms with Gasteiger partial charge in [0.05, 0.1) is 16.8 Å². The van der Waals surface area contributed by atoms with E-state index < -0.39 is 30.9 Å². The number of furan rings is 1. The summed E-state index contributed by atoms with van der Waals surface area (Å²) in [7, 11) is 0. The van der Waals surface area contributed by atoms with E-state index in [0.717, 1.165) is 0 Å². The fraction of sp³-hybridized carbons (Fsp3) is 0.250. The molecule has 6 nitrogen and oxygen atoms in total. The van der Waals surface area contributed by atoms with E-state index >= 15 is 0 Å². The number of amides is 1. The molecule has 1 heterocycles. The predicted octanol–water partition coefficient (Wildman–Crippen LogP) is 2.98. The van der Waals surface area contributed by atoms with Crippen LogP contribution in [-0.4, -0.2) is 25.1 Å². The zero-order valence-corrected chi connectivity index (χ0v) is 14.3. The highest BCUT2D eigenvalue weighted by Gasteiger charge is 2.14. The predicted molar refractivity (Wildman–Crippen MR) is 85.8 cm³/mol. The maximum absolute atomic E-state index is 12.9. The first-order valence-electron chi connectivity index (χ1n) is 7.02. The average Bonchev–Trinajstić information content (AvgIpc) is 3.06. The highest BCUT2D eigenvalue weighted by molar-refractivity contribution is 9.10. The summed E-state index contributed by atoms with van der Waals surface area (Å²) in [4.78, 5) is 23.3. The minimum Gasteiger partial charge on any atom is -0.481 e. The summed E-state index contributed by atoms with van der Waals surface area (Å²) in [5.41, 5.74) is 0. The van der Waals surface area contributed by atoms with Gasteiger partial charge in [-0.25, -0.2) is 9.18 Å². The second-order valence-corrected chi connectivity index (χ2v) is 5.68. The van der Waals surface area contributed by atoms with Gasteiger partial charge in [0.1, 0.15) is 17.3 Å². The van der Waals surface area contributed by atoms with Gasteiger partial charge in [-0.05, 0) is 53.2 Å². The largest absolute Gasteiger partial charge is 0.481 e. The van der Waals surface area contributed by atoms with Gasteiger partial charge in [-0.2, -0.15) is 0 Å². The van der Waals surface area contributed by atoms with Crippen LogP contribution in [0.3, 0.4) is 0 Å². The van der Waals surface area contributed by atoms with Crippen LogP contribution in [0.4, 0.5) is 4.39 Å². The molecule has 1 aromatic heterocycles.